The Bertz CT molecular complexity index is 348. The standard InChI is InChI=1S/C12H19NO3/c1-12(8-13,16-4)10-7-9(14-2)5-6-11(10)15-3/h5-7H,8,13H2,1-4H3. The molecule has 0 aliphatic carbocycles. The number of methoxy groups -OCH3 is 3. The van der Waals surface area contributed by atoms with Crippen LogP contribution in [0.3, 0.4) is 0 Å². The molecule has 1 aromatic carbocycles. The van der Waals surface area contributed by atoms with E-state index in [9.17, 15) is 0 Å². The summed E-state index contributed by atoms with van der Waals surface area (Å²) < 4.78 is 15.9. The summed E-state index contributed by atoms with van der Waals surface area (Å²) in [6.07, 6.45) is 0. The van der Waals surface area contributed by atoms with Crippen molar-refractivity contribution in [2.45, 2.75) is 12.5 Å². The van der Waals surface area contributed by atoms with Gasteiger partial charge in [-0.25, -0.2) is 0 Å². The Morgan fingerprint density at radius 1 is 1.19 bits per heavy atom. The lowest BCUT2D eigenvalue weighted by molar-refractivity contribution is 0.00806. The van der Waals surface area contributed by atoms with Gasteiger partial charge in [0.1, 0.15) is 17.1 Å². The summed E-state index contributed by atoms with van der Waals surface area (Å²) >= 11 is 0. The molecule has 0 aliphatic heterocycles. The maximum absolute atomic E-state index is 5.74. The van der Waals surface area contributed by atoms with E-state index in [0.29, 0.717) is 6.54 Å². The van der Waals surface area contributed by atoms with Crippen LogP contribution in [0.15, 0.2) is 18.2 Å². The molecule has 90 valence electrons. The Morgan fingerprint density at radius 3 is 2.31 bits per heavy atom. The van der Waals surface area contributed by atoms with Gasteiger partial charge in [0.25, 0.3) is 0 Å². The number of hydrogen-bond donors (Lipinski definition) is 1. The van der Waals surface area contributed by atoms with Gasteiger partial charge >= 0.3 is 0 Å². The van der Waals surface area contributed by atoms with Crippen LogP contribution in [0.25, 0.3) is 0 Å². The highest BCUT2D eigenvalue weighted by Crippen LogP contribution is 2.34. The zero-order valence-electron chi connectivity index (χ0n) is 10.2. The second-order valence-corrected chi connectivity index (χ2v) is 3.71. The van der Waals surface area contributed by atoms with E-state index in [-0.39, 0.29) is 0 Å². The third kappa shape index (κ3) is 2.28. The normalized spacial score (nSPS) is 14.3. The van der Waals surface area contributed by atoms with Crippen LogP contribution in [0.1, 0.15) is 12.5 Å². The minimum Gasteiger partial charge on any atom is -0.497 e. The lowest BCUT2D eigenvalue weighted by atomic mass is 9.94. The minimum absolute atomic E-state index is 0.368. The van der Waals surface area contributed by atoms with Gasteiger partial charge < -0.3 is 19.9 Å². The van der Waals surface area contributed by atoms with Gasteiger partial charge in [0.05, 0.1) is 14.2 Å². The molecule has 0 aliphatic rings. The van der Waals surface area contributed by atoms with Gasteiger partial charge in [0, 0.05) is 19.2 Å². The third-order valence-electron chi connectivity index (χ3n) is 2.82. The number of rotatable bonds is 5. The maximum Gasteiger partial charge on any atom is 0.125 e. The molecule has 0 radical (unpaired) electrons. The van der Waals surface area contributed by atoms with Gasteiger partial charge in [-0.05, 0) is 25.1 Å². The van der Waals surface area contributed by atoms with E-state index < -0.39 is 5.60 Å². The molecule has 1 rings (SSSR count). The lowest BCUT2D eigenvalue weighted by Gasteiger charge is -2.28. The fourth-order valence-electron chi connectivity index (χ4n) is 1.53. The molecule has 0 fully saturated rings. The van der Waals surface area contributed by atoms with E-state index in [1.54, 1.807) is 21.3 Å². The van der Waals surface area contributed by atoms with Crippen molar-refractivity contribution in [3.63, 3.8) is 0 Å². The highest BCUT2D eigenvalue weighted by atomic mass is 16.5. The number of ether oxygens (including phenoxy) is 3. The molecule has 0 bridgehead atoms. The molecule has 0 amide bonds. The largest absolute Gasteiger partial charge is 0.497 e. The molecular weight excluding hydrogens is 206 g/mol. The lowest BCUT2D eigenvalue weighted by Crippen LogP contribution is -2.34. The Labute approximate surface area is 96.3 Å². The Balaban J connectivity index is 3.27. The summed E-state index contributed by atoms with van der Waals surface area (Å²) in [6.45, 7) is 2.29. The minimum atomic E-state index is -0.570. The molecule has 0 spiro atoms. The Morgan fingerprint density at radius 2 is 1.88 bits per heavy atom. The van der Waals surface area contributed by atoms with Crippen LogP contribution in [0.5, 0.6) is 11.5 Å². The van der Waals surface area contributed by atoms with Crippen molar-refractivity contribution in [2.24, 2.45) is 5.73 Å². The van der Waals surface area contributed by atoms with Crippen molar-refractivity contribution in [3.8, 4) is 11.5 Å². The van der Waals surface area contributed by atoms with Crippen LogP contribution in [-0.4, -0.2) is 27.9 Å². The van der Waals surface area contributed by atoms with Gasteiger partial charge in [-0.15, -0.1) is 0 Å². The fraction of sp³-hybridized carbons (Fsp3) is 0.500. The van der Waals surface area contributed by atoms with Crippen molar-refractivity contribution in [3.05, 3.63) is 23.8 Å². The average molecular weight is 225 g/mol. The van der Waals surface area contributed by atoms with E-state index in [0.717, 1.165) is 17.1 Å². The van der Waals surface area contributed by atoms with Crippen molar-refractivity contribution < 1.29 is 14.2 Å². The van der Waals surface area contributed by atoms with Crippen molar-refractivity contribution in [1.82, 2.24) is 0 Å². The van der Waals surface area contributed by atoms with Crippen LogP contribution in [-0.2, 0) is 10.3 Å². The van der Waals surface area contributed by atoms with E-state index in [1.165, 1.54) is 0 Å². The first kappa shape index (κ1) is 12.8. The summed E-state index contributed by atoms with van der Waals surface area (Å²) in [4.78, 5) is 0. The summed E-state index contributed by atoms with van der Waals surface area (Å²) in [6, 6.07) is 5.57. The second-order valence-electron chi connectivity index (χ2n) is 3.71. The zero-order valence-corrected chi connectivity index (χ0v) is 10.2. The number of nitrogens with two attached hydrogens (primary N) is 1. The maximum atomic E-state index is 5.74. The number of hydrogen-bond acceptors (Lipinski definition) is 4. The molecule has 1 atom stereocenters. The SMILES string of the molecule is COc1ccc(OC)c(C(C)(CN)OC)c1. The van der Waals surface area contributed by atoms with E-state index in [2.05, 4.69) is 0 Å². The zero-order chi connectivity index (χ0) is 12.2. The van der Waals surface area contributed by atoms with E-state index >= 15 is 0 Å². The molecule has 0 aromatic heterocycles. The molecule has 0 saturated heterocycles. The summed E-state index contributed by atoms with van der Waals surface area (Å²) in [5.41, 5.74) is 6.06. The Kier molecular flexibility index (Phi) is 4.15. The predicted octanol–water partition coefficient (Wildman–Crippen LogP) is 1.52. The fourth-order valence-corrected chi connectivity index (χ4v) is 1.53. The Hall–Kier alpha value is -1.26. The molecule has 1 unspecified atom stereocenters. The molecule has 1 aromatic rings. The van der Waals surface area contributed by atoms with E-state index in [4.69, 9.17) is 19.9 Å². The van der Waals surface area contributed by atoms with Gasteiger partial charge in [-0.2, -0.15) is 0 Å². The number of benzene rings is 1. The van der Waals surface area contributed by atoms with Crippen LogP contribution in [0.4, 0.5) is 0 Å². The van der Waals surface area contributed by atoms with Gasteiger partial charge in [-0.3, -0.25) is 0 Å². The highest BCUT2D eigenvalue weighted by molar-refractivity contribution is 5.43. The van der Waals surface area contributed by atoms with Crippen molar-refractivity contribution in [1.29, 1.82) is 0 Å². The molecule has 4 nitrogen and oxygen atoms in total. The molecule has 0 heterocycles. The molecule has 16 heavy (non-hydrogen) atoms. The van der Waals surface area contributed by atoms with Gasteiger partial charge in [-0.1, -0.05) is 0 Å². The third-order valence-corrected chi connectivity index (χ3v) is 2.82. The first-order chi connectivity index (χ1) is 7.61. The van der Waals surface area contributed by atoms with Crippen molar-refractivity contribution in [2.75, 3.05) is 27.9 Å². The molecule has 4 heteroatoms. The smallest absolute Gasteiger partial charge is 0.125 e. The quantitative estimate of drug-likeness (QED) is 0.825. The monoisotopic (exact) mass is 225 g/mol. The van der Waals surface area contributed by atoms with E-state index in [1.807, 2.05) is 25.1 Å². The van der Waals surface area contributed by atoms with Crippen LogP contribution >= 0.6 is 0 Å². The molecule has 0 saturated carbocycles. The predicted molar refractivity (Wildman–Crippen MR) is 63.0 cm³/mol. The topological polar surface area (TPSA) is 53.7 Å². The molecule has 2 N–H and O–H groups in total. The van der Waals surface area contributed by atoms with Crippen molar-refractivity contribution >= 4 is 0 Å². The first-order valence-corrected chi connectivity index (χ1v) is 5.09. The van der Waals surface area contributed by atoms with Crippen LogP contribution in [0.2, 0.25) is 0 Å². The summed E-state index contributed by atoms with van der Waals surface area (Å²) in [5.74, 6) is 1.50. The second kappa shape index (κ2) is 5.18. The average Bonchev–Trinajstić information content (AvgIpc) is 2.37. The molecular formula is C12H19NO3. The van der Waals surface area contributed by atoms with Gasteiger partial charge in [0.15, 0.2) is 0 Å². The first-order valence-electron chi connectivity index (χ1n) is 5.09. The van der Waals surface area contributed by atoms with Crippen LogP contribution < -0.4 is 15.2 Å². The highest BCUT2D eigenvalue weighted by Gasteiger charge is 2.28. The van der Waals surface area contributed by atoms with Gasteiger partial charge in [0.2, 0.25) is 0 Å². The summed E-state index contributed by atoms with van der Waals surface area (Å²) in [7, 11) is 4.88. The van der Waals surface area contributed by atoms with Crippen LogP contribution in [0, 0.1) is 0 Å². The summed E-state index contributed by atoms with van der Waals surface area (Å²) in [5, 5.41) is 0.